The molecule has 0 saturated carbocycles. The molecule has 2 aromatic rings. The van der Waals surface area contributed by atoms with E-state index >= 15 is 0 Å². The quantitative estimate of drug-likeness (QED) is 0.360. The molecule has 0 unspecified atom stereocenters. The Morgan fingerprint density at radius 3 is 2.68 bits per heavy atom. The van der Waals surface area contributed by atoms with Crippen molar-refractivity contribution in [3.8, 4) is 29.6 Å². The summed E-state index contributed by atoms with van der Waals surface area (Å²) >= 11 is 3.41. The number of benzene rings is 2. The van der Waals surface area contributed by atoms with E-state index in [9.17, 15) is 4.79 Å². The summed E-state index contributed by atoms with van der Waals surface area (Å²) < 4.78 is 17.0. The van der Waals surface area contributed by atoms with Gasteiger partial charge in [-0.15, -0.1) is 6.42 Å². The molecule has 0 bridgehead atoms. The van der Waals surface area contributed by atoms with Crippen LogP contribution in [0.3, 0.4) is 0 Å². The van der Waals surface area contributed by atoms with Gasteiger partial charge in [-0.1, -0.05) is 12.8 Å². The molecule has 0 fully saturated rings. The Morgan fingerprint density at radius 1 is 1.21 bits per heavy atom. The van der Waals surface area contributed by atoms with Gasteiger partial charge in [0.2, 0.25) is 0 Å². The maximum absolute atomic E-state index is 12.3. The van der Waals surface area contributed by atoms with Crippen LogP contribution < -0.4 is 19.6 Å². The molecule has 146 valence electrons. The third kappa shape index (κ3) is 6.03. The summed E-state index contributed by atoms with van der Waals surface area (Å²) in [5, 5.41) is 3.99. The second-order valence-electron chi connectivity index (χ2n) is 5.60. The van der Waals surface area contributed by atoms with E-state index in [4.69, 9.17) is 20.6 Å². The second kappa shape index (κ2) is 11.0. The lowest BCUT2D eigenvalue weighted by Crippen LogP contribution is -2.17. The van der Waals surface area contributed by atoms with Crippen molar-refractivity contribution in [2.75, 3.05) is 20.3 Å². The van der Waals surface area contributed by atoms with Crippen molar-refractivity contribution in [1.29, 1.82) is 0 Å². The van der Waals surface area contributed by atoms with E-state index in [2.05, 4.69) is 32.4 Å². The number of nitrogens with zero attached hydrogens (tertiary/aromatic N) is 1. The molecule has 0 aliphatic rings. The highest BCUT2D eigenvalue weighted by atomic mass is 79.9. The monoisotopic (exact) mass is 444 g/mol. The topological polar surface area (TPSA) is 69.2 Å². The van der Waals surface area contributed by atoms with Gasteiger partial charge in [-0.2, -0.15) is 5.10 Å². The fourth-order valence-corrected chi connectivity index (χ4v) is 2.71. The van der Waals surface area contributed by atoms with Crippen LogP contribution in [0.25, 0.3) is 0 Å². The standard InChI is InChI=1S/C21H21BrN2O4/c1-4-10-27-18-8-6-15(12-17(18)22)14-23-24-21(25)16-7-9-19(28-11-5-2)20(13-16)26-3/h1,6-9,12-14H,5,10-11H2,2-3H3,(H,24,25)/b23-14+. The number of nitrogens with one attached hydrogen (secondary N) is 1. The van der Waals surface area contributed by atoms with Gasteiger partial charge >= 0.3 is 0 Å². The van der Waals surface area contributed by atoms with Crippen LogP contribution in [0.4, 0.5) is 0 Å². The number of rotatable bonds is 9. The van der Waals surface area contributed by atoms with Gasteiger partial charge in [0.05, 0.1) is 24.4 Å². The van der Waals surface area contributed by atoms with Gasteiger partial charge in [0.15, 0.2) is 11.5 Å². The first-order valence-electron chi connectivity index (χ1n) is 8.59. The van der Waals surface area contributed by atoms with E-state index in [1.54, 1.807) is 30.3 Å². The van der Waals surface area contributed by atoms with Crippen molar-refractivity contribution in [1.82, 2.24) is 5.43 Å². The van der Waals surface area contributed by atoms with Gasteiger partial charge in [0, 0.05) is 5.56 Å². The number of hydrogen-bond acceptors (Lipinski definition) is 5. The molecular formula is C21H21BrN2O4. The number of terminal acetylenes is 1. The van der Waals surface area contributed by atoms with Crippen molar-refractivity contribution in [3.63, 3.8) is 0 Å². The molecule has 0 aromatic heterocycles. The molecule has 7 heteroatoms. The van der Waals surface area contributed by atoms with Crippen LogP contribution in [-0.2, 0) is 0 Å². The fourth-order valence-electron chi connectivity index (χ4n) is 2.20. The van der Waals surface area contributed by atoms with E-state index in [1.807, 2.05) is 13.0 Å². The lowest BCUT2D eigenvalue weighted by Gasteiger charge is -2.11. The van der Waals surface area contributed by atoms with Crippen LogP contribution in [0, 0.1) is 12.3 Å². The number of methoxy groups -OCH3 is 1. The summed E-state index contributed by atoms with van der Waals surface area (Å²) in [6.07, 6.45) is 7.59. The SMILES string of the molecule is C#CCOc1ccc(/C=N/NC(=O)c2ccc(OCCC)c(OC)c2)cc1Br. The number of carbonyl (C=O) groups is 1. The summed E-state index contributed by atoms with van der Waals surface area (Å²) in [7, 11) is 1.53. The summed E-state index contributed by atoms with van der Waals surface area (Å²) in [5.74, 6) is 3.78. The van der Waals surface area contributed by atoms with E-state index < -0.39 is 0 Å². The molecule has 0 radical (unpaired) electrons. The number of hydrogen-bond donors (Lipinski definition) is 1. The van der Waals surface area contributed by atoms with Gasteiger partial charge in [0.1, 0.15) is 12.4 Å². The predicted molar refractivity (Wildman–Crippen MR) is 112 cm³/mol. The first-order valence-corrected chi connectivity index (χ1v) is 9.38. The summed E-state index contributed by atoms with van der Waals surface area (Å²) in [5.41, 5.74) is 3.68. The lowest BCUT2D eigenvalue weighted by atomic mass is 10.2. The lowest BCUT2D eigenvalue weighted by molar-refractivity contribution is 0.0954. The second-order valence-corrected chi connectivity index (χ2v) is 6.45. The predicted octanol–water partition coefficient (Wildman–Crippen LogP) is 4.02. The number of carbonyl (C=O) groups excluding carboxylic acids is 1. The molecule has 1 amide bonds. The zero-order chi connectivity index (χ0) is 20.4. The minimum Gasteiger partial charge on any atom is -0.493 e. The van der Waals surface area contributed by atoms with Crippen LogP contribution in [0.1, 0.15) is 29.3 Å². The van der Waals surface area contributed by atoms with Gasteiger partial charge in [0.25, 0.3) is 5.91 Å². The summed E-state index contributed by atoms with van der Waals surface area (Å²) in [6.45, 7) is 2.78. The van der Waals surface area contributed by atoms with E-state index in [1.165, 1.54) is 13.3 Å². The molecule has 2 aromatic carbocycles. The maximum Gasteiger partial charge on any atom is 0.271 e. The highest BCUT2D eigenvalue weighted by Crippen LogP contribution is 2.28. The molecule has 1 N–H and O–H groups in total. The van der Waals surface area contributed by atoms with E-state index in [-0.39, 0.29) is 12.5 Å². The number of halogens is 1. The number of ether oxygens (including phenoxy) is 3. The Kier molecular flexibility index (Phi) is 8.37. The first kappa shape index (κ1) is 21.3. The molecule has 0 spiro atoms. The average Bonchev–Trinajstić information content (AvgIpc) is 2.71. The molecule has 0 atom stereocenters. The minimum absolute atomic E-state index is 0.188. The number of amides is 1. The van der Waals surface area contributed by atoms with Crippen molar-refractivity contribution in [2.24, 2.45) is 5.10 Å². The molecule has 0 heterocycles. The molecule has 28 heavy (non-hydrogen) atoms. The zero-order valence-corrected chi connectivity index (χ0v) is 17.3. The third-order valence-electron chi connectivity index (χ3n) is 3.53. The highest BCUT2D eigenvalue weighted by Gasteiger charge is 2.10. The molecule has 6 nitrogen and oxygen atoms in total. The highest BCUT2D eigenvalue weighted by molar-refractivity contribution is 9.10. The summed E-state index contributed by atoms with van der Waals surface area (Å²) in [6, 6.07) is 10.4. The molecular weight excluding hydrogens is 424 g/mol. The average molecular weight is 445 g/mol. The Bertz CT molecular complexity index is 890. The Morgan fingerprint density at radius 2 is 2.00 bits per heavy atom. The maximum atomic E-state index is 12.3. The normalized spacial score (nSPS) is 10.4. The Balaban J connectivity index is 2.01. The molecule has 0 saturated heterocycles. The molecule has 0 aliphatic carbocycles. The van der Waals surface area contributed by atoms with Gasteiger partial charge in [-0.05, 0) is 64.3 Å². The van der Waals surface area contributed by atoms with Crippen molar-refractivity contribution < 1.29 is 19.0 Å². The fraction of sp³-hybridized carbons (Fsp3) is 0.238. The van der Waals surface area contributed by atoms with Crippen LogP contribution in [0.2, 0.25) is 0 Å². The largest absolute Gasteiger partial charge is 0.493 e. The van der Waals surface area contributed by atoms with Crippen LogP contribution >= 0.6 is 15.9 Å². The summed E-state index contributed by atoms with van der Waals surface area (Å²) in [4.78, 5) is 12.3. The van der Waals surface area contributed by atoms with Crippen LogP contribution in [-0.4, -0.2) is 32.4 Å². The Labute approximate surface area is 173 Å². The van der Waals surface area contributed by atoms with Crippen molar-refractivity contribution >= 4 is 28.1 Å². The van der Waals surface area contributed by atoms with E-state index in [0.717, 1.165) is 16.5 Å². The Hall–Kier alpha value is -2.98. The van der Waals surface area contributed by atoms with Gasteiger partial charge < -0.3 is 14.2 Å². The van der Waals surface area contributed by atoms with Crippen molar-refractivity contribution in [3.05, 3.63) is 52.0 Å². The zero-order valence-electron chi connectivity index (χ0n) is 15.7. The van der Waals surface area contributed by atoms with Gasteiger partial charge in [-0.3, -0.25) is 4.79 Å². The number of hydrazone groups is 1. The van der Waals surface area contributed by atoms with Crippen LogP contribution in [0.5, 0.6) is 17.2 Å². The minimum atomic E-state index is -0.357. The van der Waals surface area contributed by atoms with Crippen LogP contribution in [0.15, 0.2) is 46.0 Å². The smallest absolute Gasteiger partial charge is 0.271 e. The molecule has 0 aliphatic heterocycles. The first-order chi connectivity index (χ1) is 13.6. The van der Waals surface area contributed by atoms with Crippen molar-refractivity contribution in [2.45, 2.75) is 13.3 Å². The third-order valence-corrected chi connectivity index (χ3v) is 4.15. The van der Waals surface area contributed by atoms with E-state index in [0.29, 0.717) is 29.4 Å². The molecule has 2 rings (SSSR count). The van der Waals surface area contributed by atoms with Gasteiger partial charge in [-0.25, -0.2) is 5.43 Å².